The Bertz CT molecular complexity index is 1350. The van der Waals surface area contributed by atoms with E-state index < -0.39 is 17.4 Å². The van der Waals surface area contributed by atoms with E-state index in [1.807, 2.05) is 22.7 Å². The van der Waals surface area contributed by atoms with Gasteiger partial charge in [-0.25, -0.2) is 0 Å². The van der Waals surface area contributed by atoms with Crippen molar-refractivity contribution in [2.24, 2.45) is 0 Å². The van der Waals surface area contributed by atoms with Crippen molar-refractivity contribution >= 4 is 77.7 Å². The summed E-state index contributed by atoms with van der Waals surface area (Å²) >= 11 is 0.235. The number of rotatable bonds is 4. The monoisotopic (exact) mass is 616 g/mol. The van der Waals surface area contributed by atoms with Crippen LogP contribution in [0, 0.1) is 0 Å². The Morgan fingerprint density at radius 3 is 1.41 bits per heavy atom. The number of halogens is 2. The van der Waals surface area contributed by atoms with Gasteiger partial charge in [0.25, 0.3) is 0 Å². The van der Waals surface area contributed by atoms with Crippen LogP contribution in [0.2, 0.25) is 9.26 Å². The van der Waals surface area contributed by atoms with Crippen molar-refractivity contribution in [2.45, 2.75) is 16.5 Å². The molecule has 2 aromatic carbocycles. The number of thiophene rings is 2. The standard InChI is InChI=1S/2C13H9S.2CH3.2ClH.H2Si.Zr/c2*1-2-5-11-9-12(8-10(11)4-1)13-6-3-7-14-13;;;;;;/h2*1-9H;2*1H3;2*1H;1H2;. The van der Waals surface area contributed by atoms with Gasteiger partial charge in [-0.15, -0.1) is 24.8 Å². The van der Waals surface area contributed by atoms with E-state index >= 15 is 0 Å². The van der Waals surface area contributed by atoms with Gasteiger partial charge in [0.05, 0.1) is 0 Å². The first-order chi connectivity index (χ1) is 15.4. The van der Waals surface area contributed by atoms with E-state index in [1.165, 1.54) is 20.9 Å². The van der Waals surface area contributed by atoms with Crippen molar-refractivity contribution in [1.29, 1.82) is 0 Å². The zero-order chi connectivity index (χ0) is 21.9. The molecular weight excluding hydrogens is 591 g/mol. The topological polar surface area (TPSA) is 0 Å². The third kappa shape index (κ3) is 4.05. The summed E-state index contributed by atoms with van der Waals surface area (Å²) in [4.78, 5) is 2.88. The van der Waals surface area contributed by atoms with Crippen LogP contribution in [-0.4, -0.2) is 6.88 Å². The number of fused-ring (bicyclic) bond motifs is 2. The van der Waals surface area contributed by atoms with Crippen LogP contribution in [0.15, 0.2) is 83.6 Å². The van der Waals surface area contributed by atoms with Crippen LogP contribution in [0.5, 0.6) is 0 Å². The molecule has 0 nitrogen and oxygen atoms in total. The zero-order valence-electron chi connectivity index (χ0n) is 19.2. The van der Waals surface area contributed by atoms with Gasteiger partial charge in [-0.05, 0) is 0 Å². The molecule has 0 N–H and O–H groups in total. The molecular formula is C28H28Cl2S2SiZr. The Labute approximate surface area is 225 Å². The summed E-state index contributed by atoms with van der Waals surface area (Å²) in [6.45, 7) is 2.42. The molecule has 174 valence electrons. The van der Waals surface area contributed by atoms with Crippen LogP contribution in [-0.2, 0) is 17.4 Å². The van der Waals surface area contributed by atoms with E-state index in [2.05, 4.69) is 112 Å². The fourth-order valence-electron chi connectivity index (χ4n) is 6.17. The van der Waals surface area contributed by atoms with Crippen LogP contribution >= 0.6 is 47.5 Å². The molecule has 0 spiro atoms. The second-order valence-corrected chi connectivity index (χ2v) is 42.6. The SMILES string of the molecule is Cl.Cl.[CH3][Zr]([CH3])(=[SiH2])([CH]1C(c2cccs2)=Cc2ccccc21)[CH]1C(c2cccs2)=Cc2ccccc21. The van der Waals surface area contributed by atoms with Gasteiger partial charge in [0.2, 0.25) is 0 Å². The van der Waals surface area contributed by atoms with Gasteiger partial charge in [0.15, 0.2) is 0 Å². The Morgan fingerprint density at radius 1 is 0.618 bits per heavy atom. The van der Waals surface area contributed by atoms with E-state index in [9.17, 15) is 0 Å². The van der Waals surface area contributed by atoms with Gasteiger partial charge >= 0.3 is 202 Å². The van der Waals surface area contributed by atoms with Crippen molar-refractivity contribution in [1.82, 2.24) is 0 Å². The third-order valence-corrected chi connectivity index (χ3v) is 26.4. The fraction of sp³-hybridized carbons (Fsp3) is 0.143. The molecule has 2 aliphatic carbocycles. The van der Waals surface area contributed by atoms with Gasteiger partial charge in [0.1, 0.15) is 0 Å². The molecule has 6 heteroatoms. The van der Waals surface area contributed by atoms with E-state index in [4.69, 9.17) is 0 Å². The van der Waals surface area contributed by atoms with E-state index in [1.54, 1.807) is 22.3 Å². The molecule has 2 aliphatic rings. The first-order valence-corrected chi connectivity index (χ1v) is 26.6. The van der Waals surface area contributed by atoms with Crippen molar-refractivity contribution in [3.63, 3.8) is 0 Å². The van der Waals surface area contributed by atoms with Crippen LogP contribution in [0.4, 0.5) is 0 Å². The summed E-state index contributed by atoms with van der Waals surface area (Å²) in [7, 11) is 0. The van der Waals surface area contributed by atoms with Gasteiger partial charge in [-0.1, -0.05) is 0 Å². The number of hydrogen-bond acceptors (Lipinski definition) is 2. The number of hydrogen-bond donors (Lipinski definition) is 0. The average molecular weight is 619 g/mol. The van der Waals surface area contributed by atoms with E-state index in [0.717, 1.165) is 0 Å². The predicted molar refractivity (Wildman–Crippen MR) is 158 cm³/mol. The maximum absolute atomic E-state index is 3.55. The quantitative estimate of drug-likeness (QED) is 0.201. The maximum atomic E-state index is 2.72. The van der Waals surface area contributed by atoms with E-state index in [0.29, 0.717) is 7.25 Å². The summed E-state index contributed by atoms with van der Waals surface area (Å²) in [5.74, 6) is 0. The van der Waals surface area contributed by atoms with Crippen molar-refractivity contribution in [2.75, 3.05) is 0 Å². The number of benzene rings is 2. The first-order valence-electron chi connectivity index (χ1n) is 11.2. The normalized spacial score (nSPS) is 18.8. The van der Waals surface area contributed by atoms with Crippen LogP contribution < -0.4 is 0 Å². The van der Waals surface area contributed by atoms with Gasteiger partial charge in [-0.3, -0.25) is 0 Å². The molecule has 0 saturated heterocycles. The second kappa shape index (κ2) is 9.47. The van der Waals surface area contributed by atoms with Crippen molar-refractivity contribution < 1.29 is 17.4 Å². The molecule has 2 aromatic heterocycles. The molecule has 0 radical (unpaired) electrons. The molecule has 4 aromatic rings. The molecule has 0 aliphatic heterocycles. The summed E-state index contributed by atoms with van der Waals surface area (Å²) in [5, 5.41) is 4.45. The molecule has 34 heavy (non-hydrogen) atoms. The molecule has 0 saturated carbocycles. The Morgan fingerprint density at radius 2 is 1.03 bits per heavy atom. The average Bonchev–Trinajstić information content (AvgIpc) is 3.57. The number of allylic oxidation sites excluding steroid dienone is 2. The summed E-state index contributed by atoms with van der Waals surface area (Å²) in [5.41, 5.74) is 9.06. The summed E-state index contributed by atoms with van der Waals surface area (Å²) in [6, 6.07) is 27.4. The summed E-state index contributed by atoms with van der Waals surface area (Å²) < 4.78 is 6.48. The molecule has 2 heterocycles. The predicted octanol–water partition coefficient (Wildman–Crippen LogP) is 8.88. The van der Waals surface area contributed by atoms with E-state index in [-0.39, 0.29) is 24.8 Å². The summed E-state index contributed by atoms with van der Waals surface area (Å²) in [6.07, 6.45) is 4.99. The van der Waals surface area contributed by atoms with Crippen molar-refractivity contribution in [3.8, 4) is 0 Å². The first kappa shape index (κ1) is 26.1. The van der Waals surface area contributed by atoms with Gasteiger partial charge < -0.3 is 0 Å². The molecule has 2 unspecified atom stereocenters. The minimum atomic E-state index is -3.55. The Kier molecular flexibility index (Phi) is 7.26. The van der Waals surface area contributed by atoms with Gasteiger partial charge in [-0.2, -0.15) is 0 Å². The molecule has 6 rings (SSSR count). The zero-order valence-corrected chi connectivity index (χ0v) is 26.4. The second-order valence-electron chi connectivity index (χ2n) is 10.2. The fourth-order valence-corrected chi connectivity index (χ4v) is 26.8. The minimum absolute atomic E-state index is 0. The Hall–Kier alpha value is -1.00. The molecule has 0 bridgehead atoms. The van der Waals surface area contributed by atoms with Crippen LogP contribution in [0.1, 0.15) is 39.3 Å². The Balaban J connectivity index is 0.00000137. The van der Waals surface area contributed by atoms with Crippen LogP contribution in [0.3, 0.4) is 0 Å². The van der Waals surface area contributed by atoms with Gasteiger partial charge in [0, 0.05) is 0 Å². The molecule has 0 fully saturated rings. The van der Waals surface area contributed by atoms with Crippen LogP contribution in [0.25, 0.3) is 23.3 Å². The third-order valence-electron chi connectivity index (χ3n) is 7.37. The molecule has 0 amide bonds. The van der Waals surface area contributed by atoms with Crippen molar-refractivity contribution in [3.05, 3.63) is 116 Å². The molecule has 2 atom stereocenters.